The van der Waals surface area contributed by atoms with Gasteiger partial charge in [0.2, 0.25) is 5.91 Å². The zero-order valence-electron chi connectivity index (χ0n) is 11.7. The van der Waals surface area contributed by atoms with Crippen molar-refractivity contribution in [3.05, 3.63) is 40.1 Å². The minimum Gasteiger partial charge on any atom is -0.376 e. The van der Waals surface area contributed by atoms with E-state index in [-0.39, 0.29) is 11.6 Å². The number of anilines is 2. The van der Waals surface area contributed by atoms with Crippen LogP contribution in [0.25, 0.3) is 0 Å². The molecule has 21 heavy (non-hydrogen) atoms. The highest BCUT2D eigenvalue weighted by Crippen LogP contribution is 2.26. The van der Waals surface area contributed by atoms with E-state index in [4.69, 9.17) is 11.6 Å². The van der Waals surface area contributed by atoms with Gasteiger partial charge in [-0.2, -0.15) is 0 Å². The van der Waals surface area contributed by atoms with E-state index in [1.165, 1.54) is 24.3 Å². The summed E-state index contributed by atoms with van der Waals surface area (Å²) in [6.45, 7) is 4.29. The summed E-state index contributed by atoms with van der Waals surface area (Å²) in [6.07, 6.45) is 0. The number of para-hydroxylation sites is 1. The van der Waals surface area contributed by atoms with Gasteiger partial charge in [0.1, 0.15) is 5.82 Å². The minimum atomic E-state index is -0.406. The third-order valence-electron chi connectivity index (χ3n) is 2.88. The molecular weight excluding hydrogens is 313 g/mol. The molecule has 0 saturated heterocycles. The predicted octanol–water partition coefficient (Wildman–Crippen LogP) is 3.92. The fraction of sp³-hybridized carbons (Fsp3) is 0.286. The van der Waals surface area contributed by atoms with Gasteiger partial charge in [-0.3, -0.25) is 9.69 Å². The SMILES string of the molecule is CCN(C(C)=O)c1nc(CNc2c(F)cccc2Cl)cs1. The monoisotopic (exact) mass is 327 g/mol. The highest BCUT2D eigenvalue weighted by molar-refractivity contribution is 7.14. The Balaban J connectivity index is 2.08. The van der Waals surface area contributed by atoms with Crippen LogP contribution in [-0.4, -0.2) is 17.4 Å². The number of halogens is 2. The van der Waals surface area contributed by atoms with Gasteiger partial charge in [0, 0.05) is 18.8 Å². The predicted molar refractivity (Wildman–Crippen MR) is 84.6 cm³/mol. The summed E-state index contributed by atoms with van der Waals surface area (Å²) >= 11 is 7.32. The van der Waals surface area contributed by atoms with Gasteiger partial charge in [-0.15, -0.1) is 11.3 Å². The zero-order chi connectivity index (χ0) is 15.4. The lowest BCUT2D eigenvalue weighted by molar-refractivity contribution is -0.116. The average Bonchev–Trinajstić information content (AvgIpc) is 2.87. The van der Waals surface area contributed by atoms with Crippen LogP contribution in [0.15, 0.2) is 23.6 Å². The van der Waals surface area contributed by atoms with Crippen LogP contribution >= 0.6 is 22.9 Å². The van der Waals surface area contributed by atoms with Gasteiger partial charge in [0.15, 0.2) is 5.13 Å². The van der Waals surface area contributed by atoms with Gasteiger partial charge in [-0.25, -0.2) is 9.37 Å². The Morgan fingerprint density at radius 2 is 2.29 bits per heavy atom. The van der Waals surface area contributed by atoms with Gasteiger partial charge in [0.25, 0.3) is 0 Å². The van der Waals surface area contributed by atoms with Crippen molar-refractivity contribution in [2.75, 3.05) is 16.8 Å². The number of nitrogens with zero attached hydrogens (tertiary/aromatic N) is 2. The molecule has 2 rings (SSSR count). The molecule has 1 N–H and O–H groups in total. The van der Waals surface area contributed by atoms with Gasteiger partial charge < -0.3 is 5.32 Å². The van der Waals surface area contributed by atoms with Crippen LogP contribution in [0.2, 0.25) is 5.02 Å². The van der Waals surface area contributed by atoms with E-state index in [2.05, 4.69) is 10.3 Å². The lowest BCUT2D eigenvalue weighted by Crippen LogP contribution is -2.27. The van der Waals surface area contributed by atoms with E-state index in [0.717, 1.165) is 5.69 Å². The second kappa shape index (κ2) is 6.87. The number of carbonyl (C=O) groups is 1. The molecule has 0 atom stereocenters. The lowest BCUT2D eigenvalue weighted by atomic mass is 10.3. The number of hydrogen-bond donors (Lipinski definition) is 1. The number of nitrogens with one attached hydrogen (secondary N) is 1. The van der Waals surface area contributed by atoms with Gasteiger partial charge in [0.05, 0.1) is 22.9 Å². The number of thiazole rings is 1. The third-order valence-corrected chi connectivity index (χ3v) is 4.10. The number of carbonyl (C=O) groups excluding carboxylic acids is 1. The molecule has 0 aliphatic carbocycles. The first-order valence-electron chi connectivity index (χ1n) is 6.43. The molecule has 7 heteroatoms. The average molecular weight is 328 g/mol. The van der Waals surface area contributed by atoms with Crippen molar-refractivity contribution in [3.63, 3.8) is 0 Å². The molecule has 2 aromatic rings. The van der Waals surface area contributed by atoms with Crippen LogP contribution in [-0.2, 0) is 11.3 Å². The van der Waals surface area contributed by atoms with E-state index >= 15 is 0 Å². The standard InChI is InChI=1S/C14H15ClFN3OS/c1-3-19(9(2)20)14-18-10(8-21-14)7-17-13-11(15)5-4-6-12(13)16/h4-6,8,17H,3,7H2,1-2H3. The molecule has 0 bridgehead atoms. The highest BCUT2D eigenvalue weighted by atomic mass is 35.5. The fourth-order valence-electron chi connectivity index (χ4n) is 1.84. The molecule has 112 valence electrons. The summed E-state index contributed by atoms with van der Waals surface area (Å²) in [6, 6.07) is 4.51. The first-order valence-corrected chi connectivity index (χ1v) is 7.69. The van der Waals surface area contributed by atoms with Crippen LogP contribution < -0.4 is 10.2 Å². The lowest BCUT2D eigenvalue weighted by Gasteiger charge is -2.14. The van der Waals surface area contributed by atoms with Crippen LogP contribution in [0, 0.1) is 5.82 Å². The number of benzene rings is 1. The molecule has 1 aromatic carbocycles. The summed E-state index contributed by atoms with van der Waals surface area (Å²) in [4.78, 5) is 17.4. The van der Waals surface area contributed by atoms with Crippen LogP contribution in [0.5, 0.6) is 0 Å². The molecule has 0 aliphatic heterocycles. The molecule has 1 aromatic heterocycles. The number of aromatic nitrogens is 1. The summed E-state index contributed by atoms with van der Waals surface area (Å²) < 4.78 is 13.6. The molecule has 1 amide bonds. The Bertz CT molecular complexity index is 627. The van der Waals surface area contributed by atoms with Gasteiger partial charge in [-0.05, 0) is 19.1 Å². The minimum absolute atomic E-state index is 0.0523. The van der Waals surface area contributed by atoms with Crippen LogP contribution in [0.3, 0.4) is 0 Å². The smallest absolute Gasteiger partial charge is 0.225 e. The Morgan fingerprint density at radius 3 is 2.90 bits per heavy atom. The van der Waals surface area contributed by atoms with E-state index in [1.807, 2.05) is 12.3 Å². The van der Waals surface area contributed by atoms with E-state index < -0.39 is 5.82 Å². The molecule has 0 saturated carbocycles. The maximum atomic E-state index is 13.6. The van der Waals surface area contributed by atoms with E-state index in [9.17, 15) is 9.18 Å². The van der Waals surface area contributed by atoms with E-state index in [1.54, 1.807) is 17.0 Å². The summed E-state index contributed by atoms with van der Waals surface area (Å²) in [5.74, 6) is -0.458. The molecule has 0 unspecified atom stereocenters. The Morgan fingerprint density at radius 1 is 1.52 bits per heavy atom. The second-order valence-corrected chi connectivity index (χ2v) is 5.58. The maximum Gasteiger partial charge on any atom is 0.225 e. The first kappa shape index (κ1) is 15.7. The Kier molecular flexibility index (Phi) is 5.14. The molecule has 0 fully saturated rings. The molecular formula is C14H15ClFN3OS. The van der Waals surface area contributed by atoms with Crippen LogP contribution in [0.1, 0.15) is 19.5 Å². The number of rotatable bonds is 5. The molecule has 4 nitrogen and oxygen atoms in total. The Labute approximate surface area is 131 Å². The van der Waals surface area contributed by atoms with Crippen molar-refractivity contribution < 1.29 is 9.18 Å². The number of amides is 1. The largest absolute Gasteiger partial charge is 0.376 e. The molecule has 0 aliphatic rings. The molecule has 1 heterocycles. The first-order chi connectivity index (χ1) is 10.0. The molecule has 0 radical (unpaired) electrons. The second-order valence-electron chi connectivity index (χ2n) is 4.33. The van der Waals surface area contributed by atoms with Crippen molar-refractivity contribution in [1.82, 2.24) is 4.98 Å². The summed E-state index contributed by atoms with van der Waals surface area (Å²) in [5, 5.41) is 5.73. The maximum absolute atomic E-state index is 13.6. The zero-order valence-corrected chi connectivity index (χ0v) is 13.3. The summed E-state index contributed by atoms with van der Waals surface area (Å²) in [7, 11) is 0. The normalized spacial score (nSPS) is 10.5. The van der Waals surface area contributed by atoms with Crippen molar-refractivity contribution in [3.8, 4) is 0 Å². The van der Waals surface area contributed by atoms with Gasteiger partial charge in [-0.1, -0.05) is 17.7 Å². The fourth-order valence-corrected chi connectivity index (χ4v) is 3.00. The van der Waals surface area contributed by atoms with Crippen molar-refractivity contribution in [1.29, 1.82) is 0 Å². The van der Waals surface area contributed by atoms with Crippen molar-refractivity contribution >= 4 is 39.7 Å². The third kappa shape index (κ3) is 3.71. The quantitative estimate of drug-likeness (QED) is 0.905. The van der Waals surface area contributed by atoms with Gasteiger partial charge >= 0.3 is 0 Å². The Hall–Kier alpha value is -1.66. The van der Waals surface area contributed by atoms with Crippen LogP contribution in [0.4, 0.5) is 15.2 Å². The summed E-state index contributed by atoms with van der Waals surface area (Å²) in [5.41, 5.74) is 0.988. The topological polar surface area (TPSA) is 45.2 Å². The van der Waals surface area contributed by atoms with Crippen molar-refractivity contribution in [2.45, 2.75) is 20.4 Å². The van der Waals surface area contributed by atoms with Crippen molar-refractivity contribution in [2.24, 2.45) is 0 Å². The highest BCUT2D eigenvalue weighted by Gasteiger charge is 2.14. The van der Waals surface area contributed by atoms with E-state index in [0.29, 0.717) is 23.2 Å². The number of hydrogen-bond acceptors (Lipinski definition) is 4. The molecule has 0 spiro atoms.